The van der Waals surface area contributed by atoms with Gasteiger partial charge in [-0.05, 0) is 30.0 Å². The van der Waals surface area contributed by atoms with Crippen LogP contribution < -0.4 is 0 Å². The van der Waals surface area contributed by atoms with Crippen LogP contribution in [0, 0.1) is 6.92 Å². The first-order valence-electron chi connectivity index (χ1n) is 4.56. The lowest BCUT2D eigenvalue weighted by Crippen LogP contribution is -2.10. The summed E-state index contributed by atoms with van der Waals surface area (Å²) in [6.07, 6.45) is -0.577. The van der Waals surface area contributed by atoms with Crippen LogP contribution in [0.15, 0.2) is 18.2 Å². The van der Waals surface area contributed by atoms with Gasteiger partial charge in [-0.1, -0.05) is 25.1 Å². The van der Waals surface area contributed by atoms with Crippen LogP contribution >= 0.6 is 0 Å². The van der Waals surface area contributed by atoms with Gasteiger partial charge in [-0.25, -0.2) is 4.79 Å². The fraction of sp³-hybridized carbons (Fsp3) is 0.364. The number of carboxylic acids is 1. The molecule has 14 heavy (non-hydrogen) atoms. The maximum atomic E-state index is 10.5. The third-order valence-electron chi connectivity index (χ3n) is 2.30. The molecule has 0 aliphatic carbocycles. The Morgan fingerprint density at radius 3 is 2.64 bits per heavy atom. The first-order valence-corrected chi connectivity index (χ1v) is 4.56. The fourth-order valence-electron chi connectivity index (χ4n) is 1.38. The zero-order chi connectivity index (χ0) is 10.7. The second-order valence-corrected chi connectivity index (χ2v) is 3.28. The molecular formula is C11H14O3. The molecule has 1 rings (SSSR count). The number of aryl methyl sites for hydroxylation is 2. The Labute approximate surface area is 83.0 Å². The molecule has 0 saturated carbocycles. The predicted octanol–water partition coefficient (Wildman–Crippen LogP) is 1.68. The van der Waals surface area contributed by atoms with Gasteiger partial charge in [0.2, 0.25) is 0 Å². The van der Waals surface area contributed by atoms with Gasteiger partial charge in [0.25, 0.3) is 0 Å². The maximum Gasteiger partial charge on any atom is 0.337 e. The third kappa shape index (κ3) is 2.12. The summed E-state index contributed by atoms with van der Waals surface area (Å²) in [7, 11) is 0. The van der Waals surface area contributed by atoms with Crippen molar-refractivity contribution < 1.29 is 15.0 Å². The number of hydrogen-bond acceptors (Lipinski definition) is 2. The minimum absolute atomic E-state index is 0.444. The highest BCUT2D eigenvalue weighted by Gasteiger charge is 2.16. The van der Waals surface area contributed by atoms with E-state index in [9.17, 15) is 9.90 Å². The van der Waals surface area contributed by atoms with Crippen molar-refractivity contribution in [2.75, 3.05) is 0 Å². The minimum Gasteiger partial charge on any atom is -0.479 e. The molecule has 0 aliphatic heterocycles. The molecule has 0 fully saturated rings. The largest absolute Gasteiger partial charge is 0.479 e. The van der Waals surface area contributed by atoms with E-state index < -0.39 is 12.1 Å². The van der Waals surface area contributed by atoms with E-state index in [1.807, 2.05) is 19.9 Å². The van der Waals surface area contributed by atoms with E-state index in [2.05, 4.69) is 0 Å². The molecule has 3 heteroatoms. The number of carbonyl (C=O) groups is 1. The molecule has 0 spiro atoms. The Morgan fingerprint density at radius 2 is 2.14 bits per heavy atom. The van der Waals surface area contributed by atoms with Crippen LogP contribution in [0.3, 0.4) is 0 Å². The predicted molar refractivity (Wildman–Crippen MR) is 53.2 cm³/mol. The highest BCUT2D eigenvalue weighted by molar-refractivity contribution is 5.74. The van der Waals surface area contributed by atoms with Crippen LogP contribution in [-0.4, -0.2) is 16.2 Å². The number of carboxylic acid groups (broad SMARTS) is 1. The van der Waals surface area contributed by atoms with Crippen molar-refractivity contribution in [1.29, 1.82) is 0 Å². The van der Waals surface area contributed by atoms with Crippen LogP contribution in [0.1, 0.15) is 29.7 Å². The molecular weight excluding hydrogens is 180 g/mol. The van der Waals surface area contributed by atoms with E-state index in [0.29, 0.717) is 5.56 Å². The van der Waals surface area contributed by atoms with Crippen LogP contribution in [0.25, 0.3) is 0 Å². The number of benzene rings is 1. The SMILES string of the molecule is CCc1cc(C(O)C(=O)O)ccc1C. The van der Waals surface area contributed by atoms with Crippen LogP contribution in [0.5, 0.6) is 0 Å². The summed E-state index contributed by atoms with van der Waals surface area (Å²) in [5.74, 6) is -1.21. The first kappa shape index (κ1) is 10.7. The van der Waals surface area contributed by atoms with Gasteiger partial charge in [0.15, 0.2) is 6.10 Å². The lowest BCUT2D eigenvalue weighted by Gasteiger charge is -2.09. The summed E-state index contributed by atoms with van der Waals surface area (Å²) < 4.78 is 0. The summed E-state index contributed by atoms with van der Waals surface area (Å²) in [5, 5.41) is 17.9. The maximum absolute atomic E-state index is 10.5. The highest BCUT2D eigenvalue weighted by Crippen LogP contribution is 2.18. The smallest absolute Gasteiger partial charge is 0.337 e. The monoisotopic (exact) mass is 194 g/mol. The van der Waals surface area contributed by atoms with Gasteiger partial charge >= 0.3 is 5.97 Å². The molecule has 1 aromatic rings. The molecule has 1 unspecified atom stereocenters. The molecule has 0 saturated heterocycles. The lowest BCUT2D eigenvalue weighted by molar-refractivity contribution is -0.146. The van der Waals surface area contributed by atoms with Crippen molar-refractivity contribution in [3.8, 4) is 0 Å². The molecule has 1 atom stereocenters. The van der Waals surface area contributed by atoms with Crippen molar-refractivity contribution in [1.82, 2.24) is 0 Å². The second kappa shape index (κ2) is 4.24. The number of hydrogen-bond donors (Lipinski definition) is 2. The molecule has 0 amide bonds. The molecule has 0 aliphatic rings. The van der Waals surface area contributed by atoms with Crippen molar-refractivity contribution in [3.05, 3.63) is 34.9 Å². The zero-order valence-electron chi connectivity index (χ0n) is 8.32. The molecule has 2 N–H and O–H groups in total. The summed E-state index contributed by atoms with van der Waals surface area (Å²) in [4.78, 5) is 10.5. The van der Waals surface area contributed by atoms with Crippen LogP contribution in [0.2, 0.25) is 0 Å². The van der Waals surface area contributed by atoms with E-state index in [-0.39, 0.29) is 0 Å². The quantitative estimate of drug-likeness (QED) is 0.769. The average Bonchev–Trinajstić information content (AvgIpc) is 2.17. The molecule has 1 aromatic carbocycles. The Bertz CT molecular complexity index is 344. The van der Waals surface area contributed by atoms with Gasteiger partial charge in [-0.3, -0.25) is 0 Å². The molecule has 0 heterocycles. The fourth-order valence-corrected chi connectivity index (χ4v) is 1.38. The van der Waals surface area contributed by atoms with Crippen LogP contribution in [0.4, 0.5) is 0 Å². The van der Waals surface area contributed by atoms with Gasteiger partial charge in [-0.2, -0.15) is 0 Å². The van der Waals surface area contributed by atoms with Gasteiger partial charge in [0.1, 0.15) is 0 Å². The normalized spacial score (nSPS) is 12.5. The standard InChI is InChI=1S/C11H14O3/c1-3-8-6-9(5-4-7(8)2)10(12)11(13)14/h4-6,10,12H,3H2,1-2H3,(H,13,14). The Morgan fingerprint density at radius 1 is 1.50 bits per heavy atom. The first-order chi connectivity index (χ1) is 6.56. The highest BCUT2D eigenvalue weighted by atomic mass is 16.4. The number of aliphatic carboxylic acids is 1. The van der Waals surface area contributed by atoms with Crippen molar-refractivity contribution >= 4 is 5.97 Å². The van der Waals surface area contributed by atoms with Gasteiger partial charge in [-0.15, -0.1) is 0 Å². The molecule has 3 nitrogen and oxygen atoms in total. The Balaban J connectivity index is 3.06. The Hall–Kier alpha value is -1.35. The van der Waals surface area contributed by atoms with Crippen molar-refractivity contribution in [2.45, 2.75) is 26.4 Å². The molecule has 0 bridgehead atoms. The van der Waals surface area contributed by atoms with E-state index in [1.165, 1.54) is 0 Å². The van der Waals surface area contributed by atoms with Gasteiger partial charge in [0, 0.05) is 0 Å². The van der Waals surface area contributed by atoms with E-state index in [0.717, 1.165) is 17.5 Å². The average molecular weight is 194 g/mol. The number of rotatable bonds is 3. The zero-order valence-corrected chi connectivity index (χ0v) is 8.32. The Kier molecular flexibility index (Phi) is 3.25. The summed E-state index contributed by atoms with van der Waals surface area (Å²) >= 11 is 0. The second-order valence-electron chi connectivity index (χ2n) is 3.28. The molecule has 76 valence electrons. The summed E-state index contributed by atoms with van der Waals surface area (Å²) in [6.45, 7) is 3.97. The number of aliphatic hydroxyl groups excluding tert-OH is 1. The summed E-state index contributed by atoms with van der Waals surface area (Å²) in [5.41, 5.74) is 2.64. The van der Waals surface area contributed by atoms with Gasteiger partial charge in [0.05, 0.1) is 0 Å². The minimum atomic E-state index is -1.42. The molecule has 0 aromatic heterocycles. The molecule has 0 radical (unpaired) electrons. The van der Waals surface area contributed by atoms with E-state index >= 15 is 0 Å². The third-order valence-corrected chi connectivity index (χ3v) is 2.30. The van der Waals surface area contributed by atoms with Crippen molar-refractivity contribution in [3.63, 3.8) is 0 Å². The lowest BCUT2D eigenvalue weighted by atomic mass is 10.0. The van der Waals surface area contributed by atoms with E-state index in [1.54, 1.807) is 12.1 Å². The van der Waals surface area contributed by atoms with Crippen molar-refractivity contribution in [2.24, 2.45) is 0 Å². The topological polar surface area (TPSA) is 57.5 Å². The van der Waals surface area contributed by atoms with E-state index in [4.69, 9.17) is 5.11 Å². The van der Waals surface area contributed by atoms with Crippen LogP contribution in [-0.2, 0) is 11.2 Å². The summed E-state index contributed by atoms with van der Waals surface area (Å²) in [6, 6.07) is 5.22. The van der Waals surface area contributed by atoms with Gasteiger partial charge < -0.3 is 10.2 Å². The number of aliphatic hydroxyl groups is 1.